The number of hydrogen-bond acceptors (Lipinski definition) is 14. The molecule has 0 aliphatic rings. The third-order valence-electron chi connectivity index (χ3n) is 24.0. The van der Waals surface area contributed by atoms with Gasteiger partial charge >= 0.3 is 0 Å². The minimum atomic E-state index is 0.453. The third kappa shape index (κ3) is 44.5. The highest BCUT2D eigenvalue weighted by Crippen LogP contribution is 2.30. The Bertz CT molecular complexity index is 4610. The summed E-state index contributed by atoms with van der Waals surface area (Å²) in [6, 6.07) is 83.4. The van der Waals surface area contributed by atoms with Crippen molar-refractivity contribution in [1.29, 1.82) is 0 Å². The lowest BCUT2D eigenvalue weighted by Crippen LogP contribution is -2.32. The predicted octanol–water partition coefficient (Wildman–Crippen LogP) is 30.0. The van der Waals surface area contributed by atoms with Crippen LogP contribution in [0.3, 0.4) is 0 Å². The van der Waals surface area contributed by atoms with Gasteiger partial charge in [-0.2, -0.15) is 0 Å². The molecule has 7 unspecified atom stereocenters. The maximum Gasteiger partial charge on any atom is 0.120 e. The van der Waals surface area contributed by atoms with Crippen LogP contribution in [0.15, 0.2) is 301 Å². The Morgan fingerprint density at radius 3 is 0.955 bits per heavy atom. The van der Waals surface area contributed by atoms with Crippen molar-refractivity contribution in [2.75, 3.05) is 78.6 Å². The Labute approximate surface area is 817 Å². The predicted molar refractivity (Wildman–Crippen MR) is 572 cm³/mol. The van der Waals surface area contributed by atoms with Gasteiger partial charge in [-0.05, 0) is 261 Å². The third-order valence-corrected chi connectivity index (χ3v) is 25.1. The number of halogens is 2. The molecule has 0 aliphatic heterocycles. The Balaban J connectivity index is 0.000000324. The van der Waals surface area contributed by atoms with Crippen LogP contribution in [-0.4, -0.2) is 136 Å². The van der Waals surface area contributed by atoms with Gasteiger partial charge < -0.3 is 42.6 Å². The van der Waals surface area contributed by atoms with Gasteiger partial charge in [0, 0.05) is 141 Å². The summed E-state index contributed by atoms with van der Waals surface area (Å²) in [6.07, 6.45) is 21.5. The molecular weight excluding hydrogens is 1760 g/mol. The Morgan fingerprint density at radius 2 is 0.606 bits per heavy atom. The van der Waals surface area contributed by atoms with Crippen LogP contribution >= 0.6 is 31.9 Å². The van der Waals surface area contributed by atoms with Crippen molar-refractivity contribution >= 4 is 43.2 Å². The minimum absolute atomic E-state index is 0.453. The summed E-state index contributed by atoms with van der Waals surface area (Å²) >= 11 is 6.98. The number of rotatable bonds is 49. The molecule has 132 heavy (non-hydrogen) atoms. The first-order valence-corrected chi connectivity index (χ1v) is 49.4. The number of anilines is 2. The fourth-order valence-electron chi connectivity index (χ4n) is 15.0. The van der Waals surface area contributed by atoms with Crippen LogP contribution in [0.5, 0.6) is 34.5 Å². The molecule has 0 spiro atoms. The molecule has 14 nitrogen and oxygen atoms in total. The zero-order valence-electron chi connectivity index (χ0n) is 84.5. The molecule has 10 rings (SSSR count). The van der Waals surface area contributed by atoms with E-state index in [1.165, 1.54) is 101 Å². The second-order valence-electron chi connectivity index (χ2n) is 34.1. The Hall–Kier alpha value is -9.62. The van der Waals surface area contributed by atoms with E-state index in [0.717, 1.165) is 147 Å². The van der Waals surface area contributed by atoms with Crippen LogP contribution in [0, 0.1) is 6.92 Å². The standard InChI is InChI=1S/C20H27NO2.C19H25NO2.C17H23NO2.C16H25N.C15H22BrN.C15H23NO.C14H20BrN/c1-5-6-16(2)21(18-9-13-20(23-4)14-10-18)15-17-7-11-19(22-3)12-8-17;1-5-15(2)20(17-7-6-8-19(13-17)22-4)14-16-9-11-18(21-3)12-10-16;1-4-14(2)18(13-17-6-5-11-20-17)12-15-7-9-16(19-3)10-8-15;1-5-7-15(4)17(12-6-2)13-16-10-8-14(3)9-11-16;1-4-7-13(3)17(10-5-2)12-14-8-6-9-15(16)11-14;1-5-11-16(13(3)6-2)12-14-7-9-15(17-4)10-8-14;1-4-10-16(12(3)5-2)11-13-6-8-14(15)9-7-13/h7-14,16H,5-6,15H2,1-4H3;6-13,15H,5,14H2,1-4H3;5-11,14H,4,12-13H2,1-3H3;6,8-11,15H,2,5,7,12-13H2,1,3-4H3;5-6,8-9,11,13H,2,4,7,10,12H2,1,3H3;5,7-10,13H,1,6,11-12H2,2-4H3;4,6-9,12H,1,5,10-11H2,2-3H3. The van der Waals surface area contributed by atoms with E-state index < -0.39 is 0 Å². The summed E-state index contributed by atoms with van der Waals surface area (Å²) < 4.78 is 39.2. The normalized spacial score (nSPS) is 12.4. The highest BCUT2D eigenvalue weighted by molar-refractivity contribution is 9.10. The summed E-state index contributed by atoms with van der Waals surface area (Å²) in [5.74, 6) is 6.38. The molecule has 7 atom stereocenters. The number of hydrogen-bond donors (Lipinski definition) is 0. The van der Waals surface area contributed by atoms with E-state index in [9.17, 15) is 0 Å². The molecule has 0 amide bonds. The second kappa shape index (κ2) is 67.5. The molecular formula is C116H165Br2N7O7. The van der Waals surface area contributed by atoms with Gasteiger partial charge in [-0.15, -0.1) is 26.3 Å². The maximum atomic E-state index is 5.47. The van der Waals surface area contributed by atoms with Gasteiger partial charge in [-0.1, -0.05) is 233 Å². The molecule has 16 heteroatoms. The molecule has 1 aromatic heterocycles. The van der Waals surface area contributed by atoms with Crippen molar-refractivity contribution in [3.05, 3.63) is 347 Å². The first-order valence-electron chi connectivity index (χ1n) is 47.8. The van der Waals surface area contributed by atoms with Crippen molar-refractivity contribution in [1.82, 2.24) is 24.5 Å². The van der Waals surface area contributed by atoms with Gasteiger partial charge in [0.2, 0.25) is 0 Å². The molecule has 0 saturated heterocycles. The van der Waals surface area contributed by atoms with E-state index in [-0.39, 0.29) is 0 Å². The fraction of sp³-hybridized carbons (Fsp3) is 0.431. The molecule has 9 aromatic carbocycles. The second-order valence-corrected chi connectivity index (χ2v) is 35.9. The van der Waals surface area contributed by atoms with Gasteiger partial charge in [-0.3, -0.25) is 24.5 Å². The highest BCUT2D eigenvalue weighted by atomic mass is 79.9. The zero-order valence-corrected chi connectivity index (χ0v) is 87.7. The van der Waals surface area contributed by atoms with Crippen LogP contribution in [-0.2, 0) is 52.4 Å². The lowest BCUT2D eigenvalue weighted by Gasteiger charge is -2.31. The van der Waals surface area contributed by atoms with E-state index in [4.69, 9.17) is 32.8 Å². The number of nitrogens with zero attached hydrogens (tertiary/aromatic N) is 7. The van der Waals surface area contributed by atoms with Crippen LogP contribution in [0.25, 0.3) is 0 Å². The van der Waals surface area contributed by atoms with Gasteiger partial charge in [0.25, 0.3) is 0 Å². The monoisotopic (exact) mass is 1930 g/mol. The molecule has 0 aliphatic carbocycles. The van der Waals surface area contributed by atoms with Gasteiger partial charge in [-0.25, -0.2) is 0 Å². The van der Waals surface area contributed by atoms with Crippen LogP contribution in [0.2, 0.25) is 0 Å². The van der Waals surface area contributed by atoms with Gasteiger partial charge in [0.05, 0.1) is 55.5 Å². The highest BCUT2D eigenvalue weighted by Gasteiger charge is 2.21. The summed E-state index contributed by atoms with van der Waals surface area (Å²) in [5.41, 5.74) is 13.0. The SMILES string of the molecule is C=CCN(Cc1ccc(Br)cc1)C(C)CC.C=CCN(Cc1ccc(C)cc1)C(C)CCC.C=CCN(Cc1ccc(OC)cc1)C(C)CC.C=CCN(Cc1cccc(Br)c1)C(C)CCC.CCC(C)N(Cc1ccc(OC)cc1)Cc1ccco1.CCC(C)N(Cc1ccc(OC)cc1)c1cccc(OC)c1.CCCC(C)N(Cc1ccc(OC)cc1)c1ccc(OC)cc1. The van der Waals surface area contributed by atoms with Crippen LogP contribution in [0.1, 0.15) is 211 Å². The quantitative estimate of drug-likeness (QED) is 0.0339. The summed E-state index contributed by atoms with van der Waals surface area (Å²) in [6.45, 7) is 60.3. The molecule has 0 N–H and O–H groups in total. The lowest BCUT2D eigenvalue weighted by molar-refractivity contribution is 0.172. The maximum absolute atomic E-state index is 5.47. The number of benzene rings is 9. The average molecular weight is 1930 g/mol. The smallest absolute Gasteiger partial charge is 0.120 e. The number of ether oxygens (including phenoxy) is 6. The fourth-order valence-corrected chi connectivity index (χ4v) is 15.7. The molecule has 0 fully saturated rings. The average Bonchev–Trinajstić information content (AvgIpc) is 0.989. The summed E-state index contributed by atoms with van der Waals surface area (Å²) in [7, 11) is 10.2. The Morgan fingerprint density at radius 1 is 0.288 bits per heavy atom. The van der Waals surface area contributed by atoms with Gasteiger partial charge in [0.15, 0.2) is 0 Å². The van der Waals surface area contributed by atoms with Crippen LogP contribution in [0.4, 0.5) is 11.4 Å². The van der Waals surface area contributed by atoms with E-state index >= 15 is 0 Å². The van der Waals surface area contributed by atoms with E-state index in [1.807, 2.05) is 109 Å². The van der Waals surface area contributed by atoms with E-state index in [1.54, 1.807) is 48.9 Å². The lowest BCUT2D eigenvalue weighted by atomic mass is 10.1. The number of furan rings is 1. The Kier molecular flexibility index (Phi) is 58.7. The first kappa shape index (κ1) is 115. The van der Waals surface area contributed by atoms with Crippen molar-refractivity contribution < 1.29 is 32.8 Å². The van der Waals surface area contributed by atoms with Crippen molar-refractivity contribution in [3.63, 3.8) is 0 Å². The van der Waals surface area contributed by atoms with Crippen LogP contribution < -0.4 is 38.2 Å². The largest absolute Gasteiger partial charge is 0.497 e. The molecule has 720 valence electrons. The van der Waals surface area contributed by atoms with E-state index in [0.29, 0.717) is 42.3 Å². The molecule has 0 bridgehead atoms. The molecule has 10 aromatic rings. The van der Waals surface area contributed by atoms with Crippen molar-refractivity contribution in [2.24, 2.45) is 0 Å². The molecule has 0 radical (unpaired) electrons. The van der Waals surface area contributed by atoms with E-state index in [2.05, 4.69) is 342 Å². The molecule has 1 heterocycles. The summed E-state index contributed by atoms with van der Waals surface area (Å²) in [4.78, 5) is 17.1. The van der Waals surface area contributed by atoms with Crippen molar-refractivity contribution in [2.45, 2.75) is 263 Å². The number of methoxy groups -OCH3 is 6. The first-order chi connectivity index (χ1) is 63.8. The minimum Gasteiger partial charge on any atom is -0.497 e. The molecule has 0 saturated carbocycles. The van der Waals surface area contributed by atoms with Gasteiger partial charge in [0.1, 0.15) is 40.3 Å². The topological polar surface area (TPSA) is 91.2 Å². The zero-order chi connectivity index (χ0) is 97.0. The van der Waals surface area contributed by atoms with Crippen molar-refractivity contribution in [3.8, 4) is 34.5 Å². The summed E-state index contributed by atoms with van der Waals surface area (Å²) in [5, 5.41) is 0. The number of aryl methyl sites for hydroxylation is 1.